The van der Waals surface area contributed by atoms with Gasteiger partial charge in [0.15, 0.2) is 0 Å². The van der Waals surface area contributed by atoms with Gasteiger partial charge in [0.1, 0.15) is 0 Å². The molecule has 0 fully saturated rings. The van der Waals surface area contributed by atoms with Gasteiger partial charge < -0.3 is 9.90 Å². The van der Waals surface area contributed by atoms with Crippen LogP contribution in [0.25, 0.3) is 0 Å². The number of carboxylic acid groups (broad SMARTS) is 1. The summed E-state index contributed by atoms with van der Waals surface area (Å²) in [6.45, 7) is 1.27. The molecule has 38 valence electrons. The van der Waals surface area contributed by atoms with Crippen molar-refractivity contribution in [2.75, 3.05) is 0 Å². The van der Waals surface area contributed by atoms with Crippen LogP contribution < -0.4 is 34.7 Å². The Morgan fingerprint density at radius 3 is 2.25 bits per heavy atom. The first-order valence-corrected chi connectivity index (χ1v) is 1.79. The predicted molar refractivity (Wildman–Crippen MR) is 19.8 cm³/mol. The Hall–Kier alpha value is -0.0400. The number of hydrogen-bond donors (Lipinski definition) is 0. The summed E-state index contributed by atoms with van der Waals surface area (Å²) in [6.07, 6.45) is 0. The molecule has 0 spiro atoms. The third kappa shape index (κ3) is 4.13. The first kappa shape index (κ1) is 10.9. The van der Waals surface area contributed by atoms with Crippen molar-refractivity contribution in [3.63, 3.8) is 0 Å². The van der Waals surface area contributed by atoms with Gasteiger partial charge in [0.05, 0.1) is 18.0 Å². The summed E-state index contributed by atoms with van der Waals surface area (Å²) in [6, 6.07) is 1.50. The molecule has 0 aromatic carbocycles. The molecule has 0 saturated carbocycles. The Labute approximate surface area is 69.6 Å². The zero-order valence-corrected chi connectivity index (χ0v) is 6.84. The Kier molecular flexibility index (Phi) is 6.93. The largest absolute Gasteiger partial charge is 1.00 e. The third-order valence-corrected chi connectivity index (χ3v) is 0.547. The molecular weight excluding hydrogens is 117 g/mol. The summed E-state index contributed by atoms with van der Waals surface area (Å²) >= 11 is 0. The molecule has 3 nitrogen and oxygen atoms in total. The van der Waals surface area contributed by atoms with E-state index in [-0.39, 0.29) is 29.6 Å². The topological polar surface area (TPSA) is 63.9 Å². The van der Waals surface area contributed by atoms with Crippen LogP contribution in [0.5, 0.6) is 0 Å². The number of carbonyl (C=O) groups is 1. The smallest absolute Gasteiger partial charge is 0.549 e. The molecule has 0 radical (unpaired) electrons. The molecule has 0 aliphatic heterocycles. The van der Waals surface area contributed by atoms with Crippen molar-refractivity contribution in [3.8, 4) is 6.07 Å². The minimum atomic E-state index is -1.32. The van der Waals surface area contributed by atoms with Gasteiger partial charge in [0.2, 0.25) is 0 Å². The van der Waals surface area contributed by atoms with E-state index in [1.54, 1.807) is 0 Å². The molecule has 0 aliphatic rings. The second-order valence-corrected chi connectivity index (χ2v) is 1.17. The number of carbonyl (C=O) groups excluding carboxylic acids is 1. The van der Waals surface area contributed by atoms with E-state index >= 15 is 0 Å². The van der Waals surface area contributed by atoms with Gasteiger partial charge in [-0.05, 0) is 6.92 Å². The van der Waals surface area contributed by atoms with E-state index in [1.165, 1.54) is 13.0 Å². The van der Waals surface area contributed by atoms with Gasteiger partial charge in [-0.1, -0.05) is 0 Å². The van der Waals surface area contributed by atoms with Gasteiger partial charge >= 0.3 is 29.6 Å². The van der Waals surface area contributed by atoms with Gasteiger partial charge in [-0.3, -0.25) is 0 Å². The van der Waals surface area contributed by atoms with Crippen LogP contribution in [0.3, 0.4) is 0 Å². The molecule has 0 saturated heterocycles. The summed E-state index contributed by atoms with van der Waals surface area (Å²) in [7, 11) is 0. The van der Waals surface area contributed by atoms with E-state index in [0.717, 1.165) is 0 Å². The maximum Gasteiger partial charge on any atom is 1.00 e. The zero-order chi connectivity index (χ0) is 5.86. The van der Waals surface area contributed by atoms with Crippen molar-refractivity contribution in [1.82, 2.24) is 0 Å². The Morgan fingerprint density at radius 1 is 1.88 bits per heavy atom. The quantitative estimate of drug-likeness (QED) is 0.331. The van der Waals surface area contributed by atoms with Crippen molar-refractivity contribution in [3.05, 3.63) is 0 Å². The van der Waals surface area contributed by atoms with E-state index in [2.05, 4.69) is 0 Å². The fourth-order valence-corrected chi connectivity index (χ4v) is 0.0527. The van der Waals surface area contributed by atoms with Crippen LogP contribution in [0.1, 0.15) is 6.92 Å². The molecule has 0 rings (SSSR count). The monoisotopic (exact) mass is 121 g/mol. The number of aliphatic carboxylic acids is 1. The number of nitriles is 1. The Morgan fingerprint density at radius 2 is 2.25 bits per heavy atom. The average Bonchev–Trinajstić information content (AvgIpc) is 1.65. The van der Waals surface area contributed by atoms with Crippen LogP contribution in [-0.4, -0.2) is 5.97 Å². The fraction of sp³-hybridized carbons (Fsp3) is 0.500. The first-order chi connectivity index (χ1) is 3.18. The van der Waals surface area contributed by atoms with Crippen LogP contribution in [-0.2, 0) is 4.79 Å². The van der Waals surface area contributed by atoms with Gasteiger partial charge in [-0.25, -0.2) is 0 Å². The van der Waals surface area contributed by atoms with Crippen LogP contribution >= 0.6 is 0 Å². The summed E-state index contributed by atoms with van der Waals surface area (Å²) < 4.78 is 0. The molecule has 0 heterocycles. The molecule has 1 atom stereocenters. The van der Waals surface area contributed by atoms with E-state index < -0.39 is 11.9 Å². The molecule has 0 aromatic heterocycles. The van der Waals surface area contributed by atoms with Gasteiger partial charge in [-0.15, -0.1) is 0 Å². The number of carboxylic acids is 1. The predicted octanol–water partition coefficient (Wildman–Crippen LogP) is -4.10. The average molecular weight is 121 g/mol. The molecule has 8 heavy (non-hydrogen) atoms. The van der Waals surface area contributed by atoms with Crippen LogP contribution in [0.15, 0.2) is 0 Å². The number of hydrogen-bond acceptors (Lipinski definition) is 3. The second kappa shape index (κ2) is 5.10. The van der Waals surface area contributed by atoms with Crippen LogP contribution in [0.4, 0.5) is 0 Å². The Balaban J connectivity index is 0. The van der Waals surface area contributed by atoms with E-state index in [9.17, 15) is 9.90 Å². The summed E-state index contributed by atoms with van der Waals surface area (Å²) in [4.78, 5) is 9.60. The molecule has 0 aliphatic carbocycles. The first-order valence-electron chi connectivity index (χ1n) is 1.79. The SMILES string of the molecule is CC(C#N)C(=O)[O-].[Na+]. The van der Waals surface area contributed by atoms with Crippen LogP contribution in [0.2, 0.25) is 0 Å². The van der Waals surface area contributed by atoms with Crippen molar-refractivity contribution in [2.45, 2.75) is 6.92 Å². The molecule has 0 aromatic rings. The fourth-order valence-electron chi connectivity index (χ4n) is 0.0527. The van der Waals surface area contributed by atoms with Crippen molar-refractivity contribution < 1.29 is 39.5 Å². The minimum absolute atomic E-state index is 0. The molecule has 0 amide bonds. The van der Waals surface area contributed by atoms with E-state index in [0.29, 0.717) is 0 Å². The molecule has 1 unspecified atom stereocenters. The number of nitrogens with zero attached hydrogens (tertiary/aromatic N) is 1. The minimum Gasteiger partial charge on any atom is -0.549 e. The normalized spacial score (nSPS) is 10.5. The summed E-state index contributed by atoms with van der Waals surface area (Å²) in [5.41, 5.74) is 0. The zero-order valence-electron chi connectivity index (χ0n) is 4.84. The van der Waals surface area contributed by atoms with Crippen molar-refractivity contribution in [2.24, 2.45) is 5.92 Å². The van der Waals surface area contributed by atoms with E-state index in [1.807, 2.05) is 0 Å². The third-order valence-electron chi connectivity index (χ3n) is 0.547. The maximum atomic E-state index is 9.60. The maximum absolute atomic E-state index is 9.60. The molecule has 4 heteroatoms. The van der Waals surface area contributed by atoms with Crippen molar-refractivity contribution >= 4 is 5.97 Å². The van der Waals surface area contributed by atoms with Gasteiger partial charge in [-0.2, -0.15) is 5.26 Å². The van der Waals surface area contributed by atoms with Gasteiger partial charge in [0.25, 0.3) is 0 Å². The molecular formula is C4H4NNaO2. The number of rotatable bonds is 1. The summed E-state index contributed by atoms with van der Waals surface area (Å²) in [5.74, 6) is -2.30. The second-order valence-electron chi connectivity index (χ2n) is 1.17. The Bertz CT molecular complexity index is 118. The molecule has 0 bridgehead atoms. The standard InChI is InChI=1S/C4H5NO2.Na/c1-3(2-5)4(6)7;/h3H,1H3,(H,6,7);/q;+1/p-1. The van der Waals surface area contributed by atoms with Gasteiger partial charge in [0, 0.05) is 0 Å². The summed E-state index contributed by atoms with van der Waals surface area (Å²) in [5, 5.41) is 17.4. The van der Waals surface area contributed by atoms with E-state index in [4.69, 9.17) is 5.26 Å². The van der Waals surface area contributed by atoms with Crippen molar-refractivity contribution in [1.29, 1.82) is 5.26 Å². The molecule has 0 N–H and O–H groups in total. The van der Waals surface area contributed by atoms with Crippen LogP contribution in [0, 0.1) is 17.2 Å².